The zero-order chi connectivity index (χ0) is 22.1. The number of carbonyl (C=O) groups is 1. The molecule has 5 nitrogen and oxygen atoms in total. The Balaban J connectivity index is 1.24. The Morgan fingerprint density at radius 3 is 2.38 bits per heavy atom. The van der Waals surface area contributed by atoms with E-state index in [-0.39, 0.29) is 17.9 Å². The van der Waals surface area contributed by atoms with Gasteiger partial charge in [0, 0.05) is 31.6 Å². The summed E-state index contributed by atoms with van der Waals surface area (Å²) in [5.41, 5.74) is 1.06. The van der Waals surface area contributed by atoms with Crippen LogP contribution in [0.4, 0.5) is 0 Å². The van der Waals surface area contributed by atoms with Gasteiger partial charge in [0.15, 0.2) is 5.60 Å². The van der Waals surface area contributed by atoms with Crippen LogP contribution in [0.2, 0.25) is 0 Å². The second-order valence-corrected chi connectivity index (χ2v) is 9.76. The first-order valence-electron chi connectivity index (χ1n) is 11.9. The predicted octanol–water partition coefficient (Wildman–Crippen LogP) is 3.57. The Morgan fingerprint density at radius 1 is 1.03 bits per heavy atom. The molecular weight excluding hydrogens is 398 g/mol. The molecule has 2 aliphatic carbocycles. The average Bonchev–Trinajstić information content (AvgIpc) is 3.28. The summed E-state index contributed by atoms with van der Waals surface area (Å²) in [6.07, 6.45) is 5.10. The summed E-state index contributed by atoms with van der Waals surface area (Å²) in [7, 11) is 0. The second-order valence-electron chi connectivity index (χ2n) is 9.76. The fraction of sp³-hybridized carbons (Fsp3) is 0.481. The van der Waals surface area contributed by atoms with Crippen molar-refractivity contribution < 1.29 is 9.90 Å². The summed E-state index contributed by atoms with van der Waals surface area (Å²) in [5.74, 6) is 0.603. The van der Waals surface area contributed by atoms with Crippen LogP contribution in [0.25, 0.3) is 0 Å². The fourth-order valence-electron chi connectivity index (χ4n) is 5.99. The normalized spacial score (nSPS) is 27.2. The second kappa shape index (κ2) is 8.69. The van der Waals surface area contributed by atoms with Gasteiger partial charge in [0.2, 0.25) is 0 Å². The highest BCUT2D eigenvalue weighted by molar-refractivity contribution is 5.87. The number of carbonyl (C=O) groups excluding carboxylic acids is 1. The number of amides is 1. The van der Waals surface area contributed by atoms with Crippen molar-refractivity contribution in [2.75, 3.05) is 13.1 Å². The lowest BCUT2D eigenvalue weighted by Crippen LogP contribution is -2.51. The van der Waals surface area contributed by atoms with Crippen LogP contribution in [0.1, 0.15) is 48.8 Å². The molecule has 5 rings (SSSR count). The van der Waals surface area contributed by atoms with E-state index in [1.54, 1.807) is 0 Å². The summed E-state index contributed by atoms with van der Waals surface area (Å²) < 4.78 is 0. The summed E-state index contributed by atoms with van der Waals surface area (Å²) in [6.45, 7) is 2.61. The third-order valence-electron chi connectivity index (χ3n) is 7.86. The van der Waals surface area contributed by atoms with Crippen molar-refractivity contribution in [2.24, 2.45) is 17.8 Å². The molecule has 1 heterocycles. The molecule has 3 atom stereocenters. The van der Waals surface area contributed by atoms with Crippen LogP contribution in [0.15, 0.2) is 54.6 Å². The molecule has 0 radical (unpaired) electrons. The zero-order valence-corrected chi connectivity index (χ0v) is 18.4. The lowest BCUT2D eigenvalue weighted by Gasteiger charge is -2.38. The Labute approximate surface area is 190 Å². The van der Waals surface area contributed by atoms with Crippen molar-refractivity contribution in [1.29, 1.82) is 5.26 Å². The van der Waals surface area contributed by atoms with E-state index in [2.05, 4.69) is 16.3 Å². The summed E-state index contributed by atoms with van der Waals surface area (Å²) in [4.78, 5) is 15.9. The number of nitrogens with one attached hydrogen (secondary N) is 1. The number of hydrogen-bond donors (Lipinski definition) is 2. The largest absolute Gasteiger partial charge is 0.375 e. The van der Waals surface area contributed by atoms with Gasteiger partial charge >= 0.3 is 0 Å². The van der Waals surface area contributed by atoms with E-state index < -0.39 is 5.60 Å². The minimum absolute atomic E-state index is 0.0313. The Kier molecular flexibility index (Phi) is 5.75. The van der Waals surface area contributed by atoms with Gasteiger partial charge in [-0.25, -0.2) is 0 Å². The number of nitrogens with zero attached hydrogens (tertiary/aromatic N) is 2. The molecule has 2 saturated carbocycles. The van der Waals surface area contributed by atoms with E-state index in [9.17, 15) is 15.2 Å². The molecule has 3 aliphatic rings. The Bertz CT molecular complexity index is 999. The monoisotopic (exact) mass is 429 g/mol. The van der Waals surface area contributed by atoms with Gasteiger partial charge in [0.05, 0.1) is 11.6 Å². The average molecular weight is 430 g/mol. The van der Waals surface area contributed by atoms with Gasteiger partial charge in [-0.05, 0) is 41.9 Å². The Hall–Kier alpha value is -2.68. The number of rotatable bonds is 6. The lowest BCUT2D eigenvalue weighted by atomic mass is 9.73. The number of benzene rings is 2. The predicted molar refractivity (Wildman–Crippen MR) is 122 cm³/mol. The van der Waals surface area contributed by atoms with Gasteiger partial charge in [-0.1, -0.05) is 67.8 Å². The number of piperidine rings is 1. The highest BCUT2D eigenvalue weighted by Gasteiger charge is 2.58. The lowest BCUT2D eigenvalue weighted by molar-refractivity contribution is -0.149. The molecule has 5 heteroatoms. The van der Waals surface area contributed by atoms with Crippen LogP contribution >= 0.6 is 0 Å². The van der Waals surface area contributed by atoms with Crippen LogP contribution in [0.3, 0.4) is 0 Å². The zero-order valence-electron chi connectivity index (χ0n) is 18.4. The smallest absolute Gasteiger partial charge is 0.257 e. The van der Waals surface area contributed by atoms with Gasteiger partial charge in [-0.3, -0.25) is 9.69 Å². The summed E-state index contributed by atoms with van der Waals surface area (Å²) >= 11 is 0. The molecule has 2 N–H and O–H groups in total. The first-order valence-corrected chi connectivity index (χ1v) is 11.9. The summed E-state index contributed by atoms with van der Waals surface area (Å²) in [6, 6.07) is 19.7. The number of hydrogen-bond acceptors (Lipinski definition) is 4. The van der Waals surface area contributed by atoms with Crippen molar-refractivity contribution in [1.82, 2.24) is 10.2 Å². The SMILES string of the molecule is N#Cc1ccccc1CN1CC2C(C1)C2NC(=O)C(O)(c1ccccc1)C1CCCCC1. The van der Waals surface area contributed by atoms with Crippen molar-refractivity contribution in [3.05, 3.63) is 71.3 Å². The molecule has 0 bridgehead atoms. The van der Waals surface area contributed by atoms with Gasteiger partial charge in [-0.15, -0.1) is 0 Å². The van der Waals surface area contributed by atoms with E-state index in [0.29, 0.717) is 17.4 Å². The topological polar surface area (TPSA) is 76.4 Å². The van der Waals surface area contributed by atoms with Crippen molar-refractivity contribution in [3.8, 4) is 6.07 Å². The molecule has 1 saturated heterocycles. The highest BCUT2D eigenvalue weighted by Crippen LogP contribution is 2.47. The molecule has 32 heavy (non-hydrogen) atoms. The molecule has 0 aromatic heterocycles. The van der Waals surface area contributed by atoms with E-state index >= 15 is 0 Å². The van der Waals surface area contributed by atoms with Crippen molar-refractivity contribution in [3.63, 3.8) is 0 Å². The minimum Gasteiger partial charge on any atom is -0.375 e. The number of nitriles is 1. The van der Waals surface area contributed by atoms with E-state index in [1.165, 1.54) is 6.42 Å². The summed E-state index contributed by atoms with van der Waals surface area (Å²) in [5, 5.41) is 24.3. The standard InChI is InChI=1S/C27H31N3O2/c28-15-19-9-7-8-10-20(19)16-30-17-23-24(18-30)25(23)29-26(31)27(32,21-11-3-1-4-12-21)22-13-5-2-6-14-22/h1,3-4,7-12,22-25,32H,2,5-6,13-14,16-18H2,(H,29,31). The van der Waals surface area contributed by atoms with Gasteiger partial charge in [0.25, 0.3) is 5.91 Å². The van der Waals surface area contributed by atoms with Crippen LogP contribution in [-0.4, -0.2) is 35.0 Å². The van der Waals surface area contributed by atoms with Crippen LogP contribution in [0.5, 0.6) is 0 Å². The maximum absolute atomic E-state index is 13.5. The molecule has 0 spiro atoms. The van der Waals surface area contributed by atoms with Gasteiger partial charge in [0.1, 0.15) is 0 Å². The van der Waals surface area contributed by atoms with Gasteiger partial charge in [-0.2, -0.15) is 5.26 Å². The van der Waals surface area contributed by atoms with E-state index in [0.717, 1.165) is 56.4 Å². The first kappa shape index (κ1) is 21.2. The molecular formula is C27H31N3O2. The van der Waals surface area contributed by atoms with Gasteiger partial charge < -0.3 is 10.4 Å². The number of aliphatic hydroxyl groups is 1. The highest BCUT2D eigenvalue weighted by atomic mass is 16.3. The first-order chi connectivity index (χ1) is 15.6. The van der Waals surface area contributed by atoms with Crippen LogP contribution < -0.4 is 5.32 Å². The number of likely N-dealkylation sites (tertiary alicyclic amines) is 1. The minimum atomic E-state index is -1.45. The molecule has 166 valence electrons. The van der Waals surface area contributed by atoms with E-state index in [1.807, 2.05) is 54.6 Å². The molecule has 3 unspecified atom stereocenters. The maximum atomic E-state index is 13.5. The fourth-order valence-corrected chi connectivity index (χ4v) is 5.99. The third-order valence-corrected chi connectivity index (χ3v) is 7.86. The van der Waals surface area contributed by atoms with Crippen LogP contribution in [0, 0.1) is 29.1 Å². The molecule has 1 amide bonds. The quantitative estimate of drug-likeness (QED) is 0.736. The molecule has 1 aliphatic heterocycles. The van der Waals surface area contributed by atoms with Crippen molar-refractivity contribution in [2.45, 2.75) is 50.3 Å². The van der Waals surface area contributed by atoms with Crippen molar-refractivity contribution >= 4 is 5.91 Å². The molecule has 2 aromatic carbocycles. The van der Waals surface area contributed by atoms with E-state index in [4.69, 9.17) is 0 Å². The molecule has 3 fully saturated rings. The maximum Gasteiger partial charge on any atom is 0.257 e. The number of fused-ring (bicyclic) bond motifs is 1. The third kappa shape index (κ3) is 3.83. The van der Waals surface area contributed by atoms with Crippen LogP contribution in [-0.2, 0) is 16.9 Å². The Morgan fingerprint density at radius 2 is 1.69 bits per heavy atom. The molecule has 2 aromatic rings.